The van der Waals surface area contributed by atoms with E-state index in [9.17, 15) is 8.78 Å². The lowest BCUT2D eigenvalue weighted by atomic mass is 9.83. The van der Waals surface area contributed by atoms with Crippen LogP contribution in [0.25, 0.3) is 11.0 Å². The summed E-state index contributed by atoms with van der Waals surface area (Å²) in [7, 11) is 0. The van der Waals surface area contributed by atoms with Crippen LogP contribution in [0.1, 0.15) is 52.9 Å². The first-order valence-corrected chi connectivity index (χ1v) is 8.56. The van der Waals surface area contributed by atoms with E-state index in [0.29, 0.717) is 12.8 Å². The fourth-order valence-corrected chi connectivity index (χ4v) is 3.88. The second kappa shape index (κ2) is 4.86. The summed E-state index contributed by atoms with van der Waals surface area (Å²) in [5.74, 6) is -1.69. The van der Waals surface area contributed by atoms with Crippen molar-refractivity contribution < 1.29 is 8.78 Å². The molecule has 0 radical (unpaired) electrons. The number of hydrogen-bond acceptors (Lipinski definition) is 4. The van der Waals surface area contributed by atoms with Crippen LogP contribution in [0.5, 0.6) is 0 Å². The van der Waals surface area contributed by atoms with Gasteiger partial charge in [0.05, 0.1) is 17.1 Å². The van der Waals surface area contributed by atoms with Crippen LogP contribution in [0.3, 0.4) is 0 Å². The summed E-state index contributed by atoms with van der Waals surface area (Å²) >= 11 is 0. The van der Waals surface area contributed by atoms with Crippen molar-refractivity contribution in [2.45, 2.75) is 70.4 Å². The van der Waals surface area contributed by atoms with Gasteiger partial charge in [-0.3, -0.25) is 0 Å². The van der Waals surface area contributed by atoms with Gasteiger partial charge in [-0.2, -0.15) is 5.10 Å². The topological polar surface area (TPSA) is 55.6 Å². The van der Waals surface area contributed by atoms with Gasteiger partial charge in [0.2, 0.25) is 0 Å². The normalized spacial score (nSPS) is 29.1. The van der Waals surface area contributed by atoms with Crippen molar-refractivity contribution in [1.82, 2.24) is 19.7 Å². The van der Waals surface area contributed by atoms with Crippen molar-refractivity contribution in [2.75, 3.05) is 5.32 Å². The van der Waals surface area contributed by atoms with E-state index in [4.69, 9.17) is 0 Å². The SMILES string of the molecule is CC(C)(C)n1ncc2c(NC3CCC4(CC3)CC4(F)F)ncnc21. The molecule has 7 heteroatoms. The first-order chi connectivity index (χ1) is 11.2. The lowest BCUT2D eigenvalue weighted by Gasteiger charge is -2.29. The highest BCUT2D eigenvalue weighted by Gasteiger charge is 2.70. The van der Waals surface area contributed by atoms with E-state index in [-0.39, 0.29) is 18.0 Å². The van der Waals surface area contributed by atoms with E-state index in [1.807, 2.05) is 4.68 Å². The fourth-order valence-electron chi connectivity index (χ4n) is 3.88. The van der Waals surface area contributed by atoms with Gasteiger partial charge in [0.15, 0.2) is 5.65 Å². The summed E-state index contributed by atoms with van der Waals surface area (Å²) in [6, 6.07) is 0.183. The number of halogens is 2. The summed E-state index contributed by atoms with van der Waals surface area (Å²) < 4.78 is 28.9. The Kier molecular flexibility index (Phi) is 3.19. The zero-order chi connectivity index (χ0) is 17.2. The van der Waals surface area contributed by atoms with E-state index >= 15 is 0 Å². The first-order valence-electron chi connectivity index (χ1n) is 8.56. The minimum absolute atomic E-state index is 0.0722. The summed E-state index contributed by atoms with van der Waals surface area (Å²) in [4.78, 5) is 8.72. The van der Waals surface area contributed by atoms with Gasteiger partial charge < -0.3 is 5.32 Å². The molecule has 0 saturated heterocycles. The van der Waals surface area contributed by atoms with E-state index in [2.05, 4.69) is 41.2 Å². The molecule has 0 atom stereocenters. The molecule has 0 bridgehead atoms. The highest BCUT2D eigenvalue weighted by Crippen LogP contribution is 2.67. The predicted molar refractivity (Wildman–Crippen MR) is 88.2 cm³/mol. The highest BCUT2D eigenvalue weighted by molar-refractivity contribution is 5.86. The van der Waals surface area contributed by atoms with Crippen LogP contribution in [-0.2, 0) is 5.54 Å². The third kappa shape index (κ3) is 2.36. The Labute approximate surface area is 139 Å². The molecule has 130 valence electrons. The van der Waals surface area contributed by atoms with Crippen molar-refractivity contribution in [2.24, 2.45) is 5.41 Å². The van der Waals surface area contributed by atoms with Crippen molar-refractivity contribution in [3.05, 3.63) is 12.5 Å². The van der Waals surface area contributed by atoms with Gasteiger partial charge >= 0.3 is 0 Å². The van der Waals surface area contributed by atoms with E-state index < -0.39 is 11.3 Å². The van der Waals surface area contributed by atoms with Crippen LogP contribution in [0.2, 0.25) is 0 Å². The maximum absolute atomic E-state index is 13.5. The molecular formula is C17H23F2N5. The number of nitrogens with zero attached hydrogens (tertiary/aromatic N) is 4. The van der Waals surface area contributed by atoms with Crippen LogP contribution in [-0.4, -0.2) is 31.7 Å². The molecule has 5 nitrogen and oxygen atoms in total. The Hall–Kier alpha value is -1.79. The zero-order valence-corrected chi connectivity index (χ0v) is 14.3. The Morgan fingerprint density at radius 2 is 1.88 bits per heavy atom. The van der Waals surface area contributed by atoms with E-state index in [0.717, 1.165) is 29.7 Å². The Morgan fingerprint density at radius 3 is 2.46 bits per heavy atom. The smallest absolute Gasteiger partial charge is 0.254 e. The Bertz CT molecular complexity index is 769. The van der Waals surface area contributed by atoms with Crippen molar-refractivity contribution in [1.29, 1.82) is 0 Å². The average Bonchev–Trinajstić information content (AvgIpc) is 2.85. The monoisotopic (exact) mass is 335 g/mol. The molecule has 0 unspecified atom stereocenters. The van der Waals surface area contributed by atoms with Gasteiger partial charge in [0.1, 0.15) is 12.1 Å². The van der Waals surface area contributed by atoms with Crippen LogP contribution in [0.15, 0.2) is 12.5 Å². The molecule has 1 spiro atoms. The number of fused-ring (bicyclic) bond motifs is 1. The number of nitrogens with one attached hydrogen (secondary N) is 1. The molecule has 2 aliphatic rings. The number of anilines is 1. The first kappa shape index (κ1) is 15.7. The van der Waals surface area contributed by atoms with Crippen LogP contribution < -0.4 is 5.32 Å². The summed E-state index contributed by atoms with van der Waals surface area (Å²) in [6.07, 6.45) is 6.09. The molecule has 4 rings (SSSR count). The molecule has 0 amide bonds. The van der Waals surface area contributed by atoms with Crippen molar-refractivity contribution in [3.8, 4) is 0 Å². The largest absolute Gasteiger partial charge is 0.367 e. The Morgan fingerprint density at radius 1 is 1.21 bits per heavy atom. The fraction of sp³-hybridized carbons (Fsp3) is 0.706. The third-order valence-corrected chi connectivity index (χ3v) is 5.50. The third-order valence-electron chi connectivity index (χ3n) is 5.50. The molecule has 2 aromatic heterocycles. The average molecular weight is 335 g/mol. The summed E-state index contributed by atoms with van der Waals surface area (Å²) in [6.45, 7) is 6.22. The summed E-state index contributed by atoms with van der Waals surface area (Å²) in [5.41, 5.74) is -0.0770. The summed E-state index contributed by atoms with van der Waals surface area (Å²) in [5, 5.41) is 8.76. The predicted octanol–water partition coefficient (Wildman–Crippen LogP) is 3.96. The van der Waals surface area contributed by atoms with Gasteiger partial charge in [-0.1, -0.05) is 0 Å². The minimum Gasteiger partial charge on any atom is -0.367 e. The quantitative estimate of drug-likeness (QED) is 0.902. The number of alkyl halides is 2. The van der Waals surface area contributed by atoms with Crippen LogP contribution in [0.4, 0.5) is 14.6 Å². The maximum Gasteiger partial charge on any atom is 0.254 e. The Balaban J connectivity index is 1.53. The molecule has 2 aliphatic carbocycles. The lowest BCUT2D eigenvalue weighted by molar-refractivity contribution is 0.0467. The van der Waals surface area contributed by atoms with Crippen molar-refractivity contribution in [3.63, 3.8) is 0 Å². The van der Waals surface area contributed by atoms with Gasteiger partial charge in [-0.15, -0.1) is 0 Å². The van der Waals surface area contributed by atoms with Gasteiger partial charge in [0.25, 0.3) is 5.92 Å². The molecule has 1 N–H and O–H groups in total. The number of rotatable bonds is 2. The standard InChI is InChI=1S/C17H23F2N5/c1-15(2,3)24-14-12(8-22-24)13(20-10-21-14)23-11-4-6-16(7-5-11)9-17(16,18)19/h8,10-11H,4-7,9H2,1-3H3,(H,20,21,23). The molecule has 2 aromatic rings. The molecule has 2 fully saturated rings. The number of aromatic nitrogens is 4. The maximum atomic E-state index is 13.5. The van der Waals surface area contributed by atoms with Crippen LogP contribution >= 0.6 is 0 Å². The lowest BCUT2D eigenvalue weighted by Crippen LogP contribution is -2.29. The molecular weight excluding hydrogens is 312 g/mol. The zero-order valence-electron chi connectivity index (χ0n) is 14.3. The van der Waals surface area contributed by atoms with Gasteiger partial charge in [-0.05, 0) is 46.5 Å². The molecule has 0 aliphatic heterocycles. The second-order valence-electron chi connectivity index (χ2n) is 8.27. The highest BCUT2D eigenvalue weighted by atomic mass is 19.3. The van der Waals surface area contributed by atoms with E-state index in [1.165, 1.54) is 6.33 Å². The number of hydrogen-bond donors (Lipinski definition) is 1. The van der Waals surface area contributed by atoms with Crippen molar-refractivity contribution >= 4 is 16.9 Å². The van der Waals surface area contributed by atoms with Gasteiger partial charge in [-0.25, -0.2) is 23.4 Å². The van der Waals surface area contributed by atoms with Gasteiger partial charge in [0, 0.05) is 17.9 Å². The van der Waals surface area contributed by atoms with E-state index in [1.54, 1.807) is 6.20 Å². The van der Waals surface area contributed by atoms with Crippen LogP contribution in [0, 0.1) is 5.41 Å². The molecule has 0 aromatic carbocycles. The minimum atomic E-state index is -2.44. The molecule has 24 heavy (non-hydrogen) atoms. The second-order valence-corrected chi connectivity index (χ2v) is 8.27. The molecule has 2 heterocycles. The molecule has 2 saturated carbocycles.